The monoisotopic (exact) mass is 242 g/mol. The van der Waals surface area contributed by atoms with Crippen molar-refractivity contribution in [2.24, 2.45) is 10.9 Å². The Bertz CT molecular complexity index is 249. The number of amidine groups is 1. The van der Waals surface area contributed by atoms with Crippen LogP contribution < -0.4 is 5.32 Å². The van der Waals surface area contributed by atoms with E-state index >= 15 is 0 Å². The fourth-order valence-corrected chi connectivity index (χ4v) is 3.20. The number of hydrogen-bond donors (Lipinski definition) is 1. The van der Waals surface area contributed by atoms with Crippen LogP contribution in [0.5, 0.6) is 0 Å². The molecule has 0 spiro atoms. The van der Waals surface area contributed by atoms with Crippen molar-refractivity contribution in [2.75, 3.05) is 18.9 Å². The zero-order valence-corrected chi connectivity index (χ0v) is 11.1. The Morgan fingerprint density at radius 3 is 3.00 bits per heavy atom. The van der Waals surface area contributed by atoms with Gasteiger partial charge in [-0.25, -0.2) is 0 Å². The summed E-state index contributed by atoms with van der Waals surface area (Å²) in [5.74, 6) is 1.84. The summed E-state index contributed by atoms with van der Waals surface area (Å²) in [6.07, 6.45) is 4.05. The van der Waals surface area contributed by atoms with E-state index in [1.165, 1.54) is 19.3 Å². The Labute approximate surface area is 102 Å². The van der Waals surface area contributed by atoms with Gasteiger partial charge in [-0.3, -0.25) is 4.99 Å². The minimum absolute atomic E-state index is 0.363. The van der Waals surface area contributed by atoms with Crippen LogP contribution in [0.15, 0.2) is 4.99 Å². The maximum absolute atomic E-state index is 5.67. The maximum atomic E-state index is 5.67. The minimum Gasteiger partial charge on any atom is -0.376 e. The van der Waals surface area contributed by atoms with Crippen LogP contribution >= 0.6 is 11.8 Å². The van der Waals surface area contributed by atoms with E-state index in [0.29, 0.717) is 18.1 Å². The van der Waals surface area contributed by atoms with Crippen LogP contribution in [0.4, 0.5) is 0 Å². The molecule has 3 nitrogen and oxygen atoms in total. The SMILES string of the molecule is CC(C)C1CSC(=NCC2CCCCO2)N1. The molecule has 92 valence electrons. The van der Waals surface area contributed by atoms with E-state index in [-0.39, 0.29) is 0 Å². The minimum atomic E-state index is 0.363. The van der Waals surface area contributed by atoms with Crippen molar-refractivity contribution >= 4 is 16.9 Å². The first-order chi connectivity index (χ1) is 7.75. The molecule has 16 heavy (non-hydrogen) atoms. The Morgan fingerprint density at radius 1 is 1.50 bits per heavy atom. The first kappa shape index (κ1) is 12.2. The molecule has 0 aromatic heterocycles. The maximum Gasteiger partial charge on any atom is 0.156 e. The fourth-order valence-electron chi connectivity index (χ4n) is 2.00. The highest BCUT2D eigenvalue weighted by atomic mass is 32.2. The van der Waals surface area contributed by atoms with Gasteiger partial charge in [-0.05, 0) is 25.2 Å². The second-order valence-corrected chi connectivity index (χ2v) is 5.95. The number of nitrogens with zero attached hydrogens (tertiary/aromatic N) is 1. The summed E-state index contributed by atoms with van der Waals surface area (Å²) in [6, 6.07) is 0.594. The average molecular weight is 242 g/mol. The Balaban J connectivity index is 1.75. The van der Waals surface area contributed by atoms with Gasteiger partial charge in [-0.1, -0.05) is 25.6 Å². The molecule has 2 heterocycles. The molecule has 2 aliphatic rings. The van der Waals surface area contributed by atoms with Gasteiger partial charge in [0.25, 0.3) is 0 Å². The molecule has 2 rings (SSSR count). The molecule has 2 unspecified atom stereocenters. The summed E-state index contributed by atoms with van der Waals surface area (Å²) in [5.41, 5.74) is 0. The summed E-state index contributed by atoms with van der Waals surface area (Å²) in [4.78, 5) is 4.62. The van der Waals surface area contributed by atoms with E-state index in [2.05, 4.69) is 24.2 Å². The van der Waals surface area contributed by atoms with Crippen LogP contribution in [-0.4, -0.2) is 36.2 Å². The van der Waals surface area contributed by atoms with Crippen LogP contribution in [0.3, 0.4) is 0 Å². The van der Waals surface area contributed by atoms with Crippen molar-refractivity contribution in [3.8, 4) is 0 Å². The van der Waals surface area contributed by atoms with Gasteiger partial charge in [0, 0.05) is 18.4 Å². The smallest absolute Gasteiger partial charge is 0.156 e. The molecule has 2 atom stereocenters. The summed E-state index contributed by atoms with van der Waals surface area (Å²) in [6.45, 7) is 6.27. The number of thioether (sulfide) groups is 1. The van der Waals surface area contributed by atoms with E-state index in [9.17, 15) is 0 Å². The number of rotatable bonds is 3. The predicted molar refractivity (Wildman–Crippen MR) is 70.1 cm³/mol. The lowest BCUT2D eigenvalue weighted by Gasteiger charge is -2.20. The van der Waals surface area contributed by atoms with Crippen molar-refractivity contribution in [2.45, 2.75) is 45.3 Å². The summed E-state index contributed by atoms with van der Waals surface area (Å²) in [7, 11) is 0. The van der Waals surface area contributed by atoms with Crippen molar-refractivity contribution in [3.05, 3.63) is 0 Å². The van der Waals surface area contributed by atoms with Crippen LogP contribution in [0, 0.1) is 5.92 Å². The molecule has 0 amide bonds. The lowest BCUT2D eigenvalue weighted by Crippen LogP contribution is -2.32. The van der Waals surface area contributed by atoms with E-state index in [1.807, 2.05) is 11.8 Å². The Kier molecular flexibility index (Phi) is 4.53. The largest absolute Gasteiger partial charge is 0.376 e. The molecule has 2 fully saturated rings. The quantitative estimate of drug-likeness (QED) is 0.824. The van der Waals surface area contributed by atoms with Crippen molar-refractivity contribution in [3.63, 3.8) is 0 Å². The lowest BCUT2D eigenvalue weighted by molar-refractivity contribution is 0.0225. The van der Waals surface area contributed by atoms with Gasteiger partial charge >= 0.3 is 0 Å². The summed E-state index contributed by atoms with van der Waals surface area (Å²) in [5, 5.41) is 4.61. The molecule has 1 N–H and O–H groups in total. The molecular formula is C12H22N2OS. The van der Waals surface area contributed by atoms with E-state index in [0.717, 1.165) is 24.1 Å². The topological polar surface area (TPSA) is 33.6 Å². The molecule has 2 aliphatic heterocycles. The second kappa shape index (κ2) is 5.92. The van der Waals surface area contributed by atoms with Gasteiger partial charge in [-0.2, -0.15) is 0 Å². The van der Waals surface area contributed by atoms with Gasteiger partial charge in [0.05, 0.1) is 12.6 Å². The van der Waals surface area contributed by atoms with E-state index < -0.39 is 0 Å². The van der Waals surface area contributed by atoms with Crippen molar-refractivity contribution in [1.29, 1.82) is 0 Å². The van der Waals surface area contributed by atoms with Crippen LogP contribution in [0.1, 0.15) is 33.1 Å². The number of ether oxygens (including phenoxy) is 1. The number of hydrogen-bond acceptors (Lipinski definition) is 3. The van der Waals surface area contributed by atoms with Crippen LogP contribution in [-0.2, 0) is 4.74 Å². The van der Waals surface area contributed by atoms with Gasteiger partial charge in [0.1, 0.15) is 0 Å². The van der Waals surface area contributed by atoms with Gasteiger partial charge < -0.3 is 10.1 Å². The molecule has 0 bridgehead atoms. The van der Waals surface area contributed by atoms with Gasteiger partial charge in [-0.15, -0.1) is 0 Å². The normalized spacial score (nSPS) is 33.3. The van der Waals surface area contributed by atoms with Crippen molar-refractivity contribution in [1.82, 2.24) is 5.32 Å². The zero-order valence-electron chi connectivity index (χ0n) is 10.2. The average Bonchev–Trinajstić information content (AvgIpc) is 2.76. The molecule has 0 saturated carbocycles. The van der Waals surface area contributed by atoms with Crippen LogP contribution in [0.25, 0.3) is 0 Å². The van der Waals surface area contributed by atoms with E-state index in [1.54, 1.807) is 0 Å². The van der Waals surface area contributed by atoms with Crippen molar-refractivity contribution < 1.29 is 4.74 Å². The lowest BCUT2D eigenvalue weighted by atomic mass is 10.1. The van der Waals surface area contributed by atoms with Gasteiger partial charge in [0.2, 0.25) is 0 Å². The Hall–Kier alpha value is -0.220. The molecular weight excluding hydrogens is 220 g/mol. The highest BCUT2D eigenvalue weighted by molar-refractivity contribution is 8.14. The third-order valence-electron chi connectivity index (χ3n) is 3.23. The first-order valence-corrected chi connectivity index (χ1v) is 7.29. The zero-order chi connectivity index (χ0) is 11.4. The van der Waals surface area contributed by atoms with Gasteiger partial charge in [0.15, 0.2) is 5.17 Å². The Morgan fingerprint density at radius 2 is 2.38 bits per heavy atom. The van der Waals surface area contributed by atoms with Crippen LogP contribution in [0.2, 0.25) is 0 Å². The highest BCUT2D eigenvalue weighted by Gasteiger charge is 2.23. The third-order valence-corrected chi connectivity index (χ3v) is 4.27. The predicted octanol–water partition coefficient (Wildman–Crippen LogP) is 2.27. The molecule has 0 aliphatic carbocycles. The molecule has 0 aromatic rings. The number of aliphatic imine (C=N–C) groups is 1. The summed E-state index contributed by atoms with van der Waals surface area (Å²) < 4.78 is 5.67. The second-order valence-electron chi connectivity index (χ2n) is 4.94. The summed E-state index contributed by atoms with van der Waals surface area (Å²) >= 11 is 1.85. The highest BCUT2D eigenvalue weighted by Crippen LogP contribution is 2.20. The standard InChI is InChI=1S/C12H22N2OS/c1-9(2)11-8-16-12(14-11)13-7-10-5-3-4-6-15-10/h9-11H,3-8H2,1-2H3,(H,13,14). The molecule has 0 aromatic carbocycles. The molecule has 2 saturated heterocycles. The fraction of sp³-hybridized carbons (Fsp3) is 0.917. The molecule has 0 radical (unpaired) electrons. The number of nitrogens with one attached hydrogen (secondary N) is 1. The van der Waals surface area contributed by atoms with E-state index in [4.69, 9.17) is 4.74 Å². The third kappa shape index (κ3) is 3.39. The molecule has 4 heteroatoms. The first-order valence-electron chi connectivity index (χ1n) is 6.31.